The number of aromatic nitrogens is 2. The first-order valence-corrected chi connectivity index (χ1v) is 11.3. The highest BCUT2D eigenvalue weighted by Gasteiger charge is 2.19. The Hall–Kier alpha value is -3.56. The molecule has 33 heavy (non-hydrogen) atoms. The first kappa shape index (κ1) is 22.6. The number of thioether (sulfide) groups is 1. The summed E-state index contributed by atoms with van der Waals surface area (Å²) in [7, 11) is 1.57. The normalized spacial score (nSPS) is 10.8. The number of nitro groups is 1. The van der Waals surface area contributed by atoms with E-state index in [9.17, 15) is 14.9 Å². The van der Waals surface area contributed by atoms with E-state index in [-0.39, 0.29) is 17.3 Å². The third kappa shape index (κ3) is 4.94. The molecule has 1 heterocycles. The number of nitrogens with one attached hydrogen (secondary N) is 1. The molecular formula is C23H19ClN4O4S. The Morgan fingerprint density at radius 2 is 1.94 bits per heavy atom. The fraction of sp³-hybridized carbons (Fsp3) is 0.130. The minimum atomic E-state index is -0.462. The number of ether oxygens (including phenoxy) is 1. The SMILES string of the molecule is COc1ccccc1-n1c(SCC(=O)NCc2ccccc2Cl)nc2cc([N+](=O)[O-])ccc21. The molecule has 4 aromatic rings. The number of para-hydroxylation sites is 2. The molecule has 0 fully saturated rings. The third-order valence-electron chi connectivity index (χ3n) is 4.91. The van der Waals surface area contributed by atoms with Crippen LogP contribution in [0, 0.1) is 10.1 Å². The van der Waals surface area contributed by atoms with E-state index in [0.29, 0.717) is 33.5 Å². The minimum absolute atomic E-state index is 0.0544. The predicted molar refractivity (Wildman–Crippen MR) is 128 cm³/mol. The van der Waals surface area contributed by atoms with Crippen molar-refractivity contribution in [2.24, 2.45) is 0 Å². The van der Waals surface area contributed by atoms with Crippen molar-refractivity contribution in [2.45, 2.75) is 11.7 Å². The molecule has 3 aromatic carbocycles. The monoisotopic (exact) mass is 482 g/mol. The fourth-order valence-corrected chi connectivity index (χ4v) is 4.37. The van der Waals surface area contributed by atoms with Crippen molar-refractivity contribution in [2.75, 3.05) is 12.9 Å². The highest BCUT2D eigenvalue weighted by Crippen LogP contribution is 2.33. The predicted octanol–water partition coefficient (Wildman–Crippen LogP) is 5.00. The first-order chi connectivity index (χ1) is 16.0. The van der Waals surface area contributed by atoms with Crippen molar-refractivity contribution in [3.63, 3.8) is 0 Å². The van der Waals surface area contributed by atoms with Crippen LogP contribution in [-0.2, 0) is 11.3 Å². The van der Waals surface area contributed by atoms with Gasteiger partial charge in [-0.2, -0.15) is 0 Å². The van der Waals surface area contributed by atoms with Crippen LogP contribution in [0.25, 0.3) is 16.7 Å². The lowest BCUT2D eigenvalue weighted by atomic mass is 10.2. The Bertz CT molecular complexity index is 1340. The number of amides is 1. The van der Waals surface area contributed by atoms with Gasteiger partial charge in [-0.05, 0) is 29.8 Å². The molecule has 0 radical (unpaired) electrons. The van der Waals surface area contributed by atoms with E-state index in [0.717, 1.165) is 11.3 Å². The van der Waals surface area contributed by atoms with Gasteiger partial charge in [0.25, 0.3) is 5.69 Å². The number of benzene rings is 3. The molecular weight excluding hydrogens is 464 g/mol. The first-order valence-electron chi connectivity index (χ1n) is 9.91. The van der Waals surface area contributed by atoms with E-state index in [2.05, 4.69) is 10.3 Å². The highest BCUT2D eigenvalue weighted by atomic mass is 35.5. The molecule has 8 nitrogen and oxygen atoms in total. The van der Waals surface area contributed by atoms with Gasteiger partial charge in [-0.1, -0.05) is 53.7 Å². The molecule has 10 heteroatoms. The van der Waals surface area contributed by atoms with Crippen LogP contribution in [0.5, 0.6) is 5.75 Å². The zero-order valence-corrected chi connectivity index (χ0v) is 19.1. The number of imidazole rings is 1. The second-order valence-corrected chi connectivity index (χ2v) is 8.34. The maximum absolute atomic E-state index is 12.5. The molecule has 0 bridgehead atoms. The Kier molecular flexibility index (Phi) is 6.81. The number of nitro benzene ring substituents is 1. The van der Waals surface area contributed by atoms with Crippen LogP contribution in [0.1, 0.15) is 5.56 Å². The molecule has 0 unspecified atom stereocenters. The number of methoxy groups -OCH3 is 1. The summed E-state index contributed by atoms with van der Waals surface area (Å²) in [6.45, 7) is 0.314. The molecule has 0 saturated carbocycles. The average molecular weight is 483 g/mol. The molecule has 1 N–H and O–H groups in total. The lowest BCUT2D eigenvalue weighted by Crippen LogP contribution is -2.24. The van der Waals surface area contributed by atoms with E-state index in [1.807, 2.05) is 47.0 Å². The Labute approximate surface area is 198 Å². The Morgan fingerprint density at radius 1 is 1.18 bits per heavy atom. The molecule has 0 aliphatic heterocycles. The molecule has 4 rings (SSSR count). The van der Waals surface area contributed by atoms with E-state index in [1.165, 1.54) is 23.9 Å². The zero-order valence-electron chi connectivity index (χ0n) is 17.5. The smallest absolute Gasteiger partial charge is 0.271 e. The number of non-ortho nitro benzene ring substituents is 1. The van der Waals surface area contributed by atoms with Gasteiger partial charge < -0.3 is 10.1 Å². The number of hydrogen-bond acceptors (Lipinski definition) is 6. The molecule has 1 aromatic heterocycles. The second-order valence-electron chi connectivity index (χ2n) is 6.99. The number of halogens is 1. The minimum Gasteiger partial charge on any atom is -0.495 e. The quantitative estimate of drug-likeness (QED) is 0.215. The van der Waals surface area contributed by atoms with Gasteiger partial charge in [-0.3, -0.25) is 19.5 Å². The number of carbonyl (C=O) groups is 1. The summed E-state index contributed by atoms with van der Waals surface area (Å²) in [6, 6.07) is 19.2. The van der Waals surface area contributed by atoms with Gasteiger partial charge in [0.2, 0.25) is 5.91 Å². The standard InChI is InChI=1S/C23H19ClN4O4S/c1-32-21-9-5-4-8-20(21)27-19-11-10-16(28(30)31)12-18(19)26-23(27)33-14-22(29)25-13-15-6-2-3-7-17(15)24/h2-12H,13-14H2,1H3,(H,25,29). The number of nitrogens with zero attached hydrogens (tertiary/aromatic N) is 3. The summed E-state index contributed by atoms with van der Waals surface area (Å²) in [4.78, 5) is 27.8. The van der Waals surface area contributed by atoms with Crippen LogP contribution in [0.3, 0.4) is 0 Å². The fourth-order valence-electron chi connectivity index (χ4n) is 3.32. The zero-order chi connectivity index (χ0) is 23.4. The number of rotatable bonds is 8. The van der Waals surface area contributed by atoms with Gasteiger partial charge in [0, 0.05) is 23.7 Å². The number of hydrogen-bond donors (Lipinski definition) is 1. The topological polar surface area (TPSA) is 99.3 Å². The second kappa shape index (κ2) is 9.93. The molecule has 168 valence electrons. The highest BCUT2D eigenvalue weighted by molar-refractivity contribution is 7.99. The van der Waals surface area contributed by atoms with Crippen molar-refractivity contribution in [3.8, 4) is 11.4 Å². The lowest BCUT2D eigenvalue weighted by molar-refractivity contribution is -0.384. The van der Waals surface area contributed by atoms with E-state index < -0.39 is 4.92 Å². The van der Waals surface area contributed by atoms with Crippen molar-refractivity contribution in [1.82, 2.24) is 14.9 Å². The number of carbonyl (C=O) groups excluding carboxylic acids is 1. The van der Waals surface area contributed by atoms with Gasteiger partial charge in [0.05, 0.1) is 34.5 Å². The van der Waals surface area contributed by atoms with Crippen LogP contribution in [0.2, 0.25) is 5.02 Å². The average Bonchev–Trinajstić information content (AvgIpc) is 3.19. The van der Waals surface area contributed by atoms with Crippen molar-refractivity contribution >= 4 is 46.0 Å². The summed E-state index contributed by atoms with van der Waals surface area (Å²) >= 11 is 7.38. The third-order valence-corrected chi connectivity index (χ3v) is 6.22. The van der Waals surface area contributed by atoms with Gasteiger partial charge >= 0.3 is 0 Å². The van der Waals surface area contributed by atoms with Crippen molar-refractivity contribution in [1.29, 1.82) is 0 Å². The van der Waals surface area contributed by atoms with Gasteiger partial charge in [0.1, 0.15) is 5.75 Å². The van der Waals surface area contributed by atoms with Gasteiger partial charge in [0.15, 0.2) is 5.16 Å². The summed E-state index contributed by atoms with van der Waals surface area (Å²) in [5, 5.41) is 15.2. The van der Waals surface area contributed by atoms with Crippen LogP contribution in [0.15, 0.2) is 71.9 Å². The van der Waals surface area contributed by atoms with Crippen molar-refractivity contribution < 1.29 is 14.5 Å². The number of fused-ring (bicyclic) bond motifs is 1. The molecule has 0 saturated heterocycles. The lowest BCUT2D eigenvalue weighted by Gasteiger charge is -2.13. The van der Waals surface area contributed by atoms with Crippen LogP contribution >= 0.6 is 23.4 Å². The molecule has 1 amide bonds. The van der Waals surface area contributed by atoms with Crippen LogP contribution in [0.4, 0.5) is 5.69 Å². The molecule has 0 atom stereocenters. The van der Waals surface area contributed by atoms with Crippen molar-refractivity contribution in [3.05, 3.63) is 87.4 Å². The Morgan fingerprint density at radius 3 is 2.70 bits per heavy atom. The summed E-state index contributed by atoms with van der Waals surface area (Å²) in [5.74, 6) is 0.523. The van der Waals surface area contributed by atoms with E-state index in [1.54, 1.807) is 19.2 Å². The van der Waals surface area contributed by atoms with E-state index in [4.69, 9.17) is 16.3 Å². The summed E-state index contributed by atoms with van der Waals surface area (Å²) < 4.78 is 7.34. The Balaban J connectivity index is 1.62. The maximum atomic E-state index is 12.5. The molecule has 0 spiro atoms. The van der Waals surface area contributed by atoms with Gasteiger partial charge in [-0.25, -0.2) is 4.98 Å². The molecule has 0 aliphatic rings. The summed E-state index contributed by atoms with van der Waals surface area (Å²) in [6.07, 6.45) is 0. The van der Waals surface area contributed by atoms with E-state index >= 15 is 0 Å². The molecule has 0 aliphatic carbocycles. The maximum Gasteiger partial charge on any atom is 0.271 e. The van der Waals surface area contributed by atoms with Crippen LogP contribution < -0.4 is 10.1 Å². The largest absolute Gasteiger partial charge is 0.495 e. The van der Waals surface area contributed by atoms with Crippen LogP contribution in [-0.4, -0.2) is 33.2 Å². The van der Waals surface area contributed by atoms with Gasteiger partial charge in [-0.15, -0.1) is 0 Å². The summed E-state index contributed by atoms with van der Waals surface area (Å²) in [5.41, 5.74) is 2.61.